The summed E-state index contributed by atoms with van der Waals surface area (Å²) in [6.45, 7) is 5.84. The highest BCUT2D eigenvalue weighted by molar-refractivity contribution is 6.53. The van der Waals surface area contributed by atoms with Gasteiger partial charge in [-0.25, -0.2) is 4.99 Å². The average molecular weight is 198 g/mol. The minimum Gasteiger partial charge on any atom is -0.482 e. The maximum atomic E-state index is 5.56. The van der Waals surface area contributed by atoms with Crippen LogP contribution in [-0.4, -0.2) is 23.4 Å². The van der Waals surface area contributed by atoms with E-state index in [1.807, 2.05) is 20.8 Å². The lowest BCUT2D eigenvalue weighted by Gasteiger charge is -2.15. The highest BCUT2D eigenvalue weighted by Gasteiger charge is 2.15. The SMILES string of the molecule is COC(=NC(C)(C)C)C(Cl)Cl. The molecular weight excluding hydrogens is 185 g/mol. The molecule has 11 heavy (non-hydrogen) atoms. The van der Waals surface area contributed by atoms with Crippen LogP contribution in [0, 0.1) is 0 Å². The first-order chi connectivity index (χ1) is 4.87. The van der Waals surface area contributed by atoms with Crippen molar-refractivity contribution in [1.29, 1.82) is 0 Å². The number of hydrogen-bond donors (Lipinski definition) is 0. The predicted octanol–water partition coefficient (Wildman–Crippen LogP) is 2.63. The number of halogens is 2. The molecule has 0 saturated heterocycles. The van der Waals surface area contributed by atoms with Crippen LogP contribution in [0.25, 0.3) is 0 Å². The zero-order valence-corrected chi connectivity index (χ0v) is 8.70. The van der Waals surface area contributed by atoms with Gasteiger partial charge in [0.25, 0.3) is 0 Å². The molecule has 0 aliphatic heterocycles. The summed E-state index contributed by atoms with van der Waals surface area (Å²) in [5.74, 6) is 0.362. The van der Waals surface area contributed by atoms with Gasteiger partial charge >= 0.3 is 0 Å². The molecule has 0 aromatic rings. The Morgan fingerprint density at radius 1 is 1.36 bits per heavy atom. The van der Waals surface area contributed by atoms with E-state index in [4.69, 9.17) is 27.9 Å². The Morgan fingerprint density at radius 3 is 1.91 bits per heavy atom. The largest absolute Gasteiger partial charge is 0.482 e. The average Bonchev–Trinajstić information content (AvgIpc) is 1.80. The number of rotatable bonds is 1. The minimum atomic E-state index is -0.681. The summed E-state index contributed by atoms with van der Waals surface area (Å²) in [7, 11) is 1.50. The smallest absolute Gasteiger partial charge is 0.217 e. The van der Waals surface area contributed by atoms with Crippen molar-refractivity contribution in [2.75, 3.05) is 7.11 Å². The number of methoxy groups -OCH3 is 1. The third kappa shape index (κ3) is 5.33. The van der Waals surface area contributed by atoms with Crippen molar-refractivity contribution in [3.63, 3.8) is 0 Å². The molecule has 0 N–H and O–H groups in total. The van der Waals surface area contributed by atoms with E-state index in [1.54, 1.807) is 0 Å². The number of hydrogen-bond acceptors (Lipinski definition) is 2. The Labute approximate surface area is 77.5 Å². The molecule has 0 unspecified atom stereocenters. The van der Waals surface area contributed by atoms with Gasteiger partial charge in [-0.2, -0.15) is 0 Å². The Kier molecular flexibility index (Phi) is 4.19. The fourth-order valence-corrected chi connectivity index (χ4v) is 0.790. The third-order valence-electron chi connectivity index (χ3n) is 0.841. The highest BCUT2D eigenvalue weighted by atomic mass is 35.5. The fraction of sp³-hybridized carbons (Fsp3) is 0.857. The Bertz CT molecular complexity index is 149. The topological polar surface area (TPSA) is 21.6 Å². The highest BCUT2D eigenvalue weighted by Crippen LogP contribution is 2.12. The van der Waals surface area contributed by atoms with E-state index >= 15 is 0 Å². The van der Waals surface area contributed by atoms with E-state index in [-0.39, 0.29) is 5.54 Å². The van der Waals surface area contributed by atoms with Crippen molar-refractivity contribution in [3.05, 3.63) is 0 Å². The fourth-order valence-electron chi connectivity index (χ4n) is 0.514. The van der Waals surface area contributed by atoms with Gasteiger partial charge in [0.1, 0.15) is 0 Å². The summed E-state index contributed by atoms with van der Waals surface area (Å²) in [5, 5.41) is 0. The molecule has 0 saturated carbocycles. The standard InChI is InChI=1S/C7H13Cl2NO/c1-7(2,3)10-6(11-4)5(8)9/h5H,1-4H3. The van der Waals surface area contributed by atoms with Crippen molar-refractivity contribution in [2.24, 2.45) is 4.99 Å². The van der Waals surface area contributed by atoms with Crippen LogP contribution in [0.1, 0.15) is 20.8 Å². The second-order valence-electron chi connectivity index (χ2n) is 3.13. The molecule has 0 rings (SSSR count). The molecule has 0 atom stereocenters. The van der Waals surface area contributed by atoms with Gasteiger partial charge in [0, 0.05) is 0 Å². The number of aliphatic imine (C=N–C) groups is 1. The van der Waals surface area contributed by atoms with Crippen molar-refractivity contribution in [3.8, 4) is 0 Å². The number of ether oxygens (including phenoxy) is 1. The van der Waals surface area contributed by atoms with Crippen LogP contribution in [0.5, 0.6) is 0 Å². The van der Waals surface area contributed by atoms with Crippen molar-refractivity contribution < 1.29 is 4.74 Å². The minimum absolute atomic E-state index is 0.201. The third-order valence-corrected chi connectivity index (χ3v) is 1.21. The van der Waals surface area contributed by atoms with Gasteiger partial charge in [-0.15, -0.1) is 0 Å². The van der Waals surface area contributed by atoms with E-state index < -0.39 is 4.84 Å². The zero-order valence-electron chi connectivity index (χ0n) is 7.19. The maximum absolute atomic E-state index is 5.56. The lowest BCUT2D eigenvalue weighted by molar-refractivity contribution is 0.386. The Balaban J connectivity index is 4.36. The molecule has 0 radical (unpaired) electrons. The Morgan fingerprint density at radius 2 is 1.82 bits per heavy atom. The summed E-state index contributed by atoms with van der Waals surface area (Å²) in [5.41, 5.74) is -0.201. The molecule has 0 aliphatic carbocycles. The lowest BCUT2D eigenvalue weighted by Crippen LogP contribution is -2.19. The zero-order chi connectivity index (χ0) is 9.07. The molecule has 0 bridgehead atoms. The Hall–Kier alpha value is 0.0500. The maximum Gasteiger partial charge on any atom is 0.217 e. The molecule has 0 aromatic carbocycles. The van der Waals surface area contributed by atoms with Crippen LogP contribution >= 0.6 is 23.2 Å². The lowest BCUT2D eigenvalue weighted by atomic mass is 10.1. The summed E-state index contributed by atoms with van der Waals surface area (Å²) < 4.78 is 4.87. The van der Waals surface area contributed by atoms with Gasteiger partial charge in [-0.1, -0.05) is 23.2 Å². The quantitative estimate of drug-likeness (QED) is 0.360. The summed E-state index contributed by atoms with van der Waals surface area (Å²) >= 11 is 11.1. The summed E-state index contributed by atoms with van der Waals surface area (Å²) in [6, 6.07) is 0. The summed E-state index contributed by atoms with van der Waals surface area (Å²) in [4.78, 5) is 3.48. The van der Waals surface area contributed by atoms with Gasteiger partial charge in [-0.05, 0) is 20.8 Å². The molecule has 0 amide bonds. The van der Waals surface area contributed by atoms with Gasteiger partial charge in [0.15, 0.2) is 4.84 Å². The van der Waals surface area contributed by atoms with Crippen LogP contribution in [0.15, 0.2) is 4.99 Å². The van der Waals surface area contributed by atoms with E-state index in [9.17, 15) is 0 Å². The molecular formula is C7H13Cl2NO. The van der Waals surface area contributed by atoms with Crippen LogP contribution < -0.4 is 0 Å². The monoisotopic (exact) mass is 197 g/mol. The second-order valence-corrected chi connectivity index (χ2v) is 4.22. The molecule has 2 nitrogen and oxygen atoms in total. The van der Waals surface area contributed by atoms with E-state index in [0.717, 1.165) is 0 Å². The molecule has 0 fully saturated rings. The predicted molar refractivity (Wildman–Crippen MR) is 49.7 cm³/mol. The van der Waals surface area contributed by atoms with Gasteiger partial charge < -0.3 is 4.74 Å². The van der Waals surface area contributed by atoms with Crippen LogP contribution in [0.2, 0.25) is 0 Å². The molecule has 66 valence electrons. The van der Waals surface area contributed by atoms with Crippen LogP contribution in [-0.2, 0) is 4.74 Å². The molecule has 4 heteroatoms. The first-order valence-corrected chi connectivity index (χ1v) is 4.16. The van der Waals surface area contributed by atoms with Crippen LogP contribution in [0.4, 0.5) is 0 Å². The van der Waals surface area contributed by atoms with Crippen LogP contribution in [0.3, 0.4) is 0 Å². The first-order valence-electron chi connectivity index (χ1n) is 3.28. The number of nitrogens with zero attached hydrogens (tertiary/aromatic N) is 1. The van der Waals surface area contributed by atoms with Gasteiger partial charge in [-0.3, -0.25) is 0 Å². The normalized spacial score (nSPS) is 13.9. The van der Waals surface area contributed by atoms with Gasteiger partial charge in [0.05, 0.1) is 12.6 Å². The first kappa shape index (κ1) is 11.1. The molecule has 0 heterocycles. The van der Waals surface area contributed by atoms with Crippen molar-refractivity contribution >= 4 is 29.1 Å². The van der Waals surface area contributed by atoms with Crippen molar-refractivity contribution in [1.82, 2.24) is 0 Å². The molecule has 0 aliphatic rings. The number of alkyl halides is 2. The second kappa shape index (κ2) is 4.17. The van der Waals surface area contributed by atoms with E-state index in [2.05, 4.69) is 4.99 Å². The summed E-state index contributed by atoms with van der Waals surface area (Å²) in [6.07, 6.45) is 0. The van der Waals surface area contributed by atoms with Crippen molar-refractivity contribution in [2.45, 2.75) is 31.1 Å². The van der Waals surface area contributed by atoms with Gasteiger partial charge in [0.2, 0.25) is 5.90 Å². The molecule has 0 spiro atoms. The molecule has 0 aromatic heterocycles. The van der Waals surface area contributed by atoms with E-state index in [0.29, 0.717) is 5.90 Å². The van der Waals surface area contributed by atoms with E-state index in [1.165, 1.54) is 7.11 Å².